The van der Waals surface area contributed by atoms with Crippen LogP contribution in [0.5, 0.6) is 0 Å². The third-order valence-electron chi connectivity index (χ3n) is 5.45. The summed E-state index contributed by atoms with van der Waals surface area (Å²) in [6.07, 6.45) is -0.594. The second kappa shape index (κ2) is 11.0. The molecule has 0 aliphatic carbocycles. The summed E-state index contributed by atoms with van der Waals surface area (Å²) in [5, 5.41) is 14.5. The maximum absolute atomic E-state index is 13.2. The Bertz CT molecular complexity index is 1090. The number of likely N-dealkylation sites (N-methyl/N-ethyl adjacent to an activating group) is 1. The van der Waals surface area contributed by atoms with Crippen molar-refractivity contribution in [3.8, 4) is 6.07 Å². The monoisotopic (exact) mass is 479 g/mol. The number of pyridine rings is 1. The van der Waals surface area contributed by atoms with Gasteiger partial charge in [0.2, 0.25) is 5.91 Å². The van der Waals surface area contributed by atoms with Crippen LogP contribution in [0.4, 0.5) is 24.5 Å². The molecule has 0 saturated carbocycles. The highest BCUT2D eigenvalue weighted by molar-refractivity contribution is 5.76. The molecule has 10 nitrogen and oxygen atoms in total. The summed E-state index contributed by atoms with van der Waals surface area (Å²) in [7, 11) is 1.40. The molecule has 0 spiro atoms. The number of carbonyl (C=O) groups excluding carboxylic acids is 1. The molecule has 2 aromatic heterocycles. The van der Waals surface area contributed by atoms with Crippen LogP contribution in [0.3, 0.4) is 0 Å². The third-order valence-corrected chi connectivity index (χ3v) is 5.45. The van der Waals surface area contributed by atoms with E-state index < -0.39 is 17.3 Å². The smallest absolute Gasteiger partial charge is 0.379 e. The fraction of sp³-hybridized carbons (Fsp3) is 0.476. The summed E-state index contributed by atoms with van der Waals surface area (Å²) in [5.74, 6) is -0.0820. The molecule has 3 heterocycles. The number of H-pyrrole nitrogens is 1. The second-order valence-electron chi connectivity index (χ2n) is 7.61. The van der Waals surface area contributed by atoms with Crippen LogP contribution in [0.15, 0.2) is 29.5 Å². The SMILES string of the molecule is CN(CCOCCC(=O)N1CCN(c2ccncc2C#N)CC1)c1cn[nH]c(=O)c1C(F)(F)F. The standard InChI is InChI=1S/C21H24F3N7O3/c1-29(17-14-27-28-20(33)19(17)21(22,23)24)9-11-34-10-3-18(32)31-7-5-30(6-8-31)16-2-4-26-13-15(16)12-25/h2,4,13-14H,3,5-11H2,1H3,(H,28,33). The van der Waals surface area contributed by atoms with E-state index in [1.54, 1.807) is 22.3 Å². The number of carbonyl (C=O) groups is 1. The Morgan fingerprint density at radius 1 is 1.26 bits per heavy atom. The molecular weight excluding hydrogens is 455 g/mol. The number of hydrogen-bond donors (Lipinski definition) is 1. The highest BCUT2D eigenvalue weighted by Gasteiger charge is 2.38. The highest BCUT2D eigenvalue weighted by atomic mass is 19.4. The fourth-order valence-corrected chi connectivity index (χ4v) is 3.64. The molecule has 13 heteroatoms. The molecule has 3 rings (SSSR count). The summed E-state index contributed by atoms with van der Waals surface area (Å²) in [5.41, 5.74) is -1.69. The molecule has 34 heavy (non-hydrogen) atoms. The quantitative estimate of drug-likeness (QED) is 0.562. The zero-order valence-electron chi connectivity index (χ0n) is 18.5. The molecule has 1 aliphatic heterocycles. The van der Waals surface area contributed by atoms with Gasteiger partial charge >= 0.3 is 6.18 Å². The number of rotatable bonds is 8. The van der Waals surface area contributed by atoms with Gasteiger partial charge in [0.15, 0.2) is 0 Å². The number of aromatic nitrogens is 3. The van der Waals surface area contributed by atoms with Crippen molar-refractivity contribution in [2.75, 3.05) is 62.8 Å². The van der Waals surface area contributed by atoms with Gasteiger partial charge in [-0.1, -0.05) is 0 Å². The Hall–Kier alpha value is -3.66. The molecule has 1 amide bonds. The average Bonchev–Trinajstić information content (AvgIpc) is 2.82. The predicted octanol–water partition coefficient (Wildman–Crippen LogP) is 1.25. The van der Waals surface area contributed by atoms with Crippen molar-refractivity contribution in [3.05, 3.63) is 46.1 Å². The van der Waals surface area contributed by atoms with Crippen LogP contribution in [-0.4, -0.2) is 79.0 Å². The number of anilines is 2. The number of piperazine rings is 1. The van der Waals surface area contributed by atoms with Crippen LogP contribution in [0.25, 0.3) is 0 Å². The van der Waals surface area contributed by atoms with E-state index in [4.69, 9.17) is 4.74 Å². The fourth-order valence-electron chi connectivity index (χ4n) is 3.64. The minimum Gasteiger partial charge on any atom is -0.379 e. The van der Waals surface area contributed by atoms with Crippen LogP contribution in [0, 0.1) is 11.3 Å². The summed E-state index contributed by atoms with van der Waals surface area (Å²) in [6, 6.07) is 3.90. The van der Waals surface area contributed by atoms with Crippen LogP contribution in [0.1, 0.15) is 17.5 Å². The van der Waals surface area contributed by atoms with Gasteiger partial charge in [0.25, 0.3) is 5.56 Å². The Labute approximate surface area is 193 Å². The Kier molecular flexibility index (Phi) is 8.06. The maximum Gasteiger partial charge on any atom is 0.423 e. The lowest BCUT2D eigenvalue weighted by Gasteiger charge is -2.36. The van der Waals surface area contributed by atoms with Crippen molar-refractivity contribution in [1.29, 1.82) is 5.26 Å². The molecule has 0 unspecified atom stereocenters. The molecule has 1 aliphatic rings. The average molecular weight is 479 g/mol. The summed E-state index contributed by atoms with van der Waals surface area (Å²) in [4.78, 5) is 33.0. The molecule has 1 fully saturated rings. The molecule has 0 aromatic carbocycles. The number of aromatic amines is 1. The number of alkyl halides is 3. The highest BCUT2D eigenvalue weighted by Crippen LogP contribution is 2.32. The van der Waals surface area contributed by atoms with Gasteiger partial charge in [-0.2, -0.15) is 23.5 Å². The second-order valence-corrected chi connectivity index (χ2v) is 7.61. The van der Waals surface area contributed by atoms with Crippen LogP contribution < -0.4 is 15.4 Å². The van der Waals surface area contributed by atoms with Crippen molar-refractivity contribution in [2.24, 2.45) is 0 Å². The van der Waals surface area contributed by atoms with Gasteiger partial charge in [-0.3, -0.25) is 14.6 Å². The first-order valence-electron chi connectivity index (χ1n) is 10.5. The van der Waals surface area contributed by atoms with Gasteiger partial charge in [0, 0.05) is 52.2 Å². The van der Waals surface area contributed by atoms with Crippen molar-refractivity contribution in [3.63, 3.8) is 0 Å². The van der Waals surface area contributed by atoms with Crippen LogP contribution in [-0.2, 0) is 15.7 Å². The van der Waals surface area contributed by atoms with E-state index in [0.29, 0.717) is 31.7 Å². The zero-order valence-corrected chi connectivity index (χ0v) is 18.5. The minimum atomic E-state index is -4.81. The Morgan fingerprint density at radius 2 is 2.00 bits per heavy atom. The summed E-state index contributed by atoms with van der Waals surface area (Å²) < 4.78 is 44.9. The van der Waals surface area contributed by atoms with Gasteiger partial charge in [0.1, 0.15) is 11.6 Å². The van der Waals surface area contributed by atoms with Gasteiger partial charge in [0.05, 0.1) is 42.8 Å². The van der Waals surface area contributed by atoms with Crippen LogP contribution >= 0.6 is 0 Å². The van der Waals surface area contributed by atoms with Crippen molar-refractivity contribution in [1.82, 2.24) is 20.1 Å². The normalized spacial score (nSPS) is 14.1. The molecule has 2 aromatic rings. The third kappa shape index (κ3) is 6.02. The molecule has 1 saturated heterocycles. The summed E-state index contributed by atoms with van der Waals surface area (Å²) in [6.45, 7) is 2.45. The topological polar surface area (TPSA) is 118 Å². The first-order chi connectivity index (χ1) is 16.2. The van der Waals surface area contributed by atoms with Gasteiger partial charge in [-0.25, -0.2) is 5.10 Å². The van der Waals surface area contributed by atoms with E-state index >= 15 is 0 Å². The molecule has 0 radical (unpaired) electrons. The minimum absolute atomic E-state index is 0.0701. The molecule has 182 valence electrons. The van der Waals surface area contributed by atoms with E-state index in [9.17, 15) is 28.0 Å². The summed E-state index contributed by atoms with van der Waals surface area (Å²) >= 11 is 0. The lowest BCUT2D eigenvalue weighted by molar-refractivity contribution is -0.138. The number of ether oxygens (including phenoxy) is 1. The number of halogens is 3. The van der Waals surface area contributed by atoms with E-state index in [2.05, 4.69) is 16.2 Å². The Balaban J connectivity index is 1.41. The first-order valence-corrected chi connectivity index (χ1v) is 10.5. The lowest BCUT2D eigenvalue weighted by atomic mass is 10.2. The van der Waals surface area contributed by atoms with Crippen LogP contribution in [0.2, 0.25) is 0 Å². The number of nitriles is 1. The van der Waals surface area contributed by atoms with Gasteiger partial charge in [-0.05, 0) is 6.07 Å². The van der Waals surface area contributed by atoms with E-state index in [0.717, 1.165) is 11.9 Å². The number of amides is 1. The largest absolute Gasteiger partial charge is 0.423 e. The molecule has 0 atom stereocenters. The van der Waals surface area contributed by atoms with Crippen molar-refractivity contribution in [2.45, 2.75) is 12.6 Å². The van der Waals surface area contributed by atoms with E-state index in [1.807, 2.05) is 4.90 Å². The van der Waals surface area contributed by atoms with Gasteiger partial charge in [-0.15, -0.1) is 0 Å². The molecule has 0 bridgehead atoms. The van der Waals surface area contributed by atoms with Crippen molar-refractivity contribution < 1.29 is 22.7 Å². The molecular formula is C21H24F3N7O3. The Morgan fingerprint density at radius 3 is 2.68 bits per heavy atom. The number of nitrogens with one attached hydrogen (secondary N) is 1. The number of hydrogen-bond acceptors (Lipinski definition) is 8. The first kappa shape index (κ1) is 25.0. The lowest BCUT2D eigenvalue weighted by Crippen LogP contribution is -2.49. The van der Waals surface area contributed by atoms with Crippen molar-refractivity contribution >= 4 is 17.3 Å². The number of nitrogens with zero attached hydrogens (tertiary/aromatic N) is 6. The van der Waals surface area contributed by atoms with E-state index in [1.165, 1.54) is 18.1 Å². The van der Waals surface area contributed by atoms with Gasteiger partial charge < -0.3 is 19.4 Å². The zero-order chi connectivity index (χ0) is 24.7. The maximum atomic E-state index is 13.2. The van der Waals surface area contributed by atoms with E-state index in [-0.39, 0.29) is 37.8 Å². The molecule has 1 N–H and O–H groups in total. The predicted molar refractivity (Wildman–Crippen MR) is 116 cm³/mol.